The van der Waals surface area contributed by atoms with Crippen molar-refractivity contribution in [1.29, 1.82) is 0 Å². The molecule has 0 saturated carbocycles. The van der Waals surface area contributed by atoms with Gasteiger partial charge >= 0.3 is 0 Å². The lowest BCUT2D eigenvalue weighted by atomic mass is 10.1. The Morgan fingerprint density at radius 1 is 1.22 bits per heavy atom. The first-order valence-electron chi connectivity index (χ1n) is 7.23. The first kappa shape index (κ1) is 14.3. The second-order valence-electron chi connectivity index (χ2n) is 6.59. The molecule has 2 aliphatic rings. The molecule has 0 bridgehead atoms. The molecule has 2 rings (SSSR count). The van der Waals surface area contributed by atoms with Gasteiger partial charge in [-0.25, -0.2) is 0 Å². The minimum atomic E-state index is 0.0915. The van der Waals surface area contributed by atoms with Gasteiger partial charge < -0.3 is 15.0 Å². The van der Waals surface area contributed by atoms with Crippen molar-refractivity contribution in [3.8, 4) is 0 Å². The zero-order valence-corrected chi connectivity index (χ0v) is 12.4. The highest BCUT2D eigenvalue weighted by molar-refractivity contribution is 4.84. The Kier molecular flexibility index (Phi) is 4.64. The summed E-state index contributed by atoms with van der Waals surface area (Å²) in [6.07, 6.45) is 2.79. The molecule has 1 N–H and O–H groups in total. The van der Waals surface area contributed by atoms with E-state index in [1.807, 2.05) is 0 Å². The van der Waals surface area contributed by atoms with Crippen LogP contribution in [0.4, 0.5) is 0 Å². The Morgan fingerprint density at radius 2 is 2.00 bits per heavy atom. The van der Waals surface area contributed by atoms with Crippen molar-refractivity contribution in [3.05, 3.63) is 0 Å². The van der Waals surface area contributed by atoms with Crippen LogP contribution in [0.5, 0.6) is 0 Å². The summed E-state index contributed by atoms with van der Waals surface area (Å²) in [7, 11) is 4.44. The summed E-state index contributed by atoms with van der Waals surface area (Å²) in [5.74, 6) is 0. The van der Waals surface area contributed by atoms with Gasteiger partial charge in [-0.05, 0) is 40.8 Å². The summed E-state index contributed by atoms with van der Waals surface area (Å²) in [6.45, 7) is 9.98. The lowest BCUT2D eigenvalue weighted by Gasteiger charge is -2.38. The van der Waals surface area contributed by atoms with E-state index in [1.165, 1.54) is 32.5 Å². The molecular formula is C14H29N3O. The SMILES string of the molecule is CN1CCN(C)C(CNCC2CCC(C)(C)O2)C1. The van der Waals surface area contributed by atoms with Gasteiger partial charge in [0.25, 0.3) is 0 Å². The number of nitrogens with zero attached hydrogens (tertiary/aromatic N) is 2. The van der Waals surface area contributed by atoms with Crippen molar-refractivity contribution in [2.24, 2.45) is 0 Å². The van der Waals surface area contributed by atoms with Gasteiger partial charge in [0.05, 0.1) is 11.7 Å². The summed E-state index contributed by atoms with van der Waals surface area (Å²) in [5, 5.41) is 3.59. The molecule has 4 heteroatoms. The van der Waals surface area contributed by atoms with Crippen LogP contribution in [-0.4, -0.2) is 74.4 Å². The fraction of sp³-hybridized carbons (Fsp3) is 1.00. The number of hydrogen-bond donors (Lipinski definition) is 1. The molecule has 4 nitrogen and oxygen atoms in total. The second kappa shape index (κ2) is 5.87. The molecule has 0 amide bonds. The minimum absolute atomic E-state index is 0.0915. The zero-order valence-electron chi connectivity index (χ0n) is 12.4. The maximum atomic E-state index is 6.00. The Hall–Kier alpha value is -0.160. The molecule has 2 saturated heterocycles. The van der Waals surface area contributed by atoms with Crippen LogP contribution in [-0.2, 0) is 4.74 Å². The van der Waals surface area contributed by atoms with Crippen molar-refractivity contribution in [2.45, 2.75) is 44.4 Å². The third-order valence-electron chi connectivity index (χ3n) is 4.29. The molecule has 0 spiro atoms. The van der Waals surface area contributed by atoms with Gasteiger partial charge in [-0.1, -0.05) is 0 Å². The number of hydrogen-bond acceptors (Lipinski definition) is 4. The van der Waals surface area contributed by atoms with Crippen molar-refractivity contribution >= 4 is 0 Å². The van der Waals surface area contributed by atoms with E-state index in [9.17, 15) is 0 Å². The van der Waals surface area contributed by atoms with E-state index in [2.05, 4.69) is 43.1 Å². The Labute approximate surface area is 112 Å². The summed E-state index contributed by atoms with van der Waals surface area (Å²) in [5.41, 5.74) is 0.0915. The molecule has 0 aromatic rings. The van der Waals surface area contributed by atoms with Crippen LogP contribution in [0.2, 0.25) is 0 Å². The van der Waals surface area contributed by atoms with Crippen molar-refractivity contribution < 1.29 is 4.74 Å². The molecule has 0 aromatic heterocycles. The van der Waals surface area contributed by atoms with E-state index in [0.29, 0.717) is 12.1 Å². The summed E-state index contributed by atoms with van der Waals surface area (Å²) < 4.78 is 6.00. The summed E-state index contributed by atoms with van der Waals surface area (Å²) in [6, 6.07) is 0.637. The average molecular weight is 255 g/mol. The highest BCUT2D eigenvalue weighted by Gasteiger charge is 2.31. The van der Waals surface area contributed by atoms with Gasteiger partial charge in [-0.15, -0.1) is 0 Å². The van der Waals surface area contributed by atoms with Gasteiger partial charge in [0.15, 0.2) is 0 Å². The topological polar surface area (TPSA) is 27.7 Å². The molecular weight excluding hydrogens is 226 g/mol. The number of likely N-dealkylation sites (N-methyl/N-ethyl adjacent to an activating group) is 2. The van der Waals surface area contributed by atoms with Crippen molar-refractivity contribution in [1.82, 2.24) is 15.1 Å². The number of rotatable bonds is 4. The van der Waals surface area contributed by atoms with Gasteiger partial charge in [-0.2, -0.15) is 0 Å². The first-order valence-corrected chi connectivity index (χ1v) is 7.23. The smallest absolute Gasteiger partial charge is 0.0707 e. The Balaban J connectivity index is 1.66. The predicted molar refractivity (Wildman–Crippen MR) is 75.0 cm³/mol. The molecule has 2 atom stereocenters. The third kappa shape index (κ3) is 3.92. The fourth-order valence-corrected chi connectivity index (χ4v) is 2.95. The van der Waals surface area contributed by atoms with Gasteiger partial charge in [0.1, 0.15) is 0 Å². The van der Waals surface area contributed by atoms with Crippen LogP contribution < -0.4 is 5.32 Å². The molecule has 2 unspecified atom stereocenters. The van der Waals surface area contributed by atoms with E-state index in [4.69, 9.17) is 4.74 Å². The van der Waals surface area contributed by atoms with Gasteiger partial charge in [0.2, 0.25) is 0 Å². The van der Waals surface area contributed by atoms with E-state index in [-0.39, 0.29) is 5.60 Å². The van der Waals surface area contributed by atoms with Crippen molar-refractivity contribution in [2.75, 3.05) is 46.8 Å². The predicted octanol–water partition coefficient (Wildman–Crippen LogP) is 0.779. The molecule has 2 fully saturated rings. The lowest BCUT2D eigenvalue weighted by Crippen LogP contribution is -2.54. The Bertz CT molecular complexity index is 270. The van der Waals surface area contributed by atoms with Crippen LogP contribution in [0.15, 0.2) is 0 Å². The standard InChI is InChI=1S/C14H29N3O/c1-14(2)6-5-13(18-14)10-15-9-12-11-16(3)7-8-17(12)4/h12-13,15H,5-11H2,1-4H3. The quantitative estimate of drug-likeness (QED) is 0.803. The monoisotopic (exact) mass is 255 g/mol. The molecule has 2 heterocycles. The molecule has 106 valence electrons. The average Bonchev–Trinajstić information content (AvgIpc) is 2.63. The molecule has 2 aliphatic heterocycles. The van der Waals surface area contributed by atoms with Crippen LogP contribution in [0.25, 0.3) is 0 Å². The fourth-order valence-electron chi connectivity index (χ4n) is 2.95. The maximum Gasteiger partial charge on any atom is 0.0707 e. The third-order valence-corrected chi connectivity index (χ3v) is 4.29. The van der Waals surface area contributed by atoms with Crippen LogP contribution in [0.3, 0.4) is 0 Å². The highest BCUT2D eigenvalue weighted by Crippen LogP contribution is 2.28. The Morgan fingerprint density at radius 3 is 2.67 bits per heavy atom. The van der Waals surface area contributed by atoms with E-state index in [0.717, 1.165) is 13.1 Å². The lowest BCUT2D eigenvalue weighted by molar-refractivity contribution is -0.0150. The van der Waals surface area contributed by atoms with Crippen LogP contribution >= 0.6 is 0 Å². The number of piperazine rings is 1. The largest absolute Gasteiger partial charge is 0.371 e. The highest BCUT2D eigenvalue weighted by atomic mass is 16.5. The normalized spacial score (nSPS) is 34.0. The number of nitrogens with one attached hydrogen (secondary N) is 1. The number of ether oxygens (including phenoxy) is 1. The van der Waals surface area contributed by atoms with E-state index < -0.39 is 0 Å². The summed E-state index contributed by atoms with van der Waals surface area (Å²) in [4.78, 5) is 4.88. The molecule has 0 radical (unpaired) electrons. The van der Waals surface area contributed by atoms with Crippen LogP contribution in [0, 0.1) is 0 Å². The van der Waals surface area contributed by atoms with E-state index >= 15 is 0 Å². The van der Waals surface area contributed by atoms with Gasteiger partial charge in [0, 0.05) is 38.8 Å². The van der Waals surface area contributed by atoms with E-state index in [1.54, 1.807) is 0 Å². The molecule has 0 aliphatic carbocycles. The maximum absolute atomic E-state index is 6.00. The van der Waals surface area contributed by atoms with Crippen molar-refractivity contribution in [3.63, 3.8) is 0 Å². The van der Waals surface area contributed by atoms with Crippen LogP contribution in [0.1, 0.15) is 26.7 Å². The summed E-state index contributed by atoms with van der Waals surface area (Å²) >= 11 is 0. The molecule has 18 heavy (non-hydrogen) atoms. The molecule has 0 aromatic carbocycles. The zero-order chi connectivity index (χ0) is 13.2. The second-order valence-corrected chi connectivity index (χ2v) is 6.59. The minimum Gasteiger partial charge on any atom is -0.371 e. The van der Waals surface area contributed by atoms with Gasteiger partial charge in [-0.3, -0.25) is 4.90 Å². The first-order chi connectivity index (χ1) is 8.46.